The summed E-state index contributed by atoms with van der Waals surface area (Å²) in [6.07, 6.45) is 0.856. The van der Waals surface area contributed by atoms with Crippen molar-refractivity contribution in [2.45, 2.75) is 25.7 Å². The number of hydrogen-bond donors (Lipinski definition) is 1. The first-order chi connectivity index (χ1) is 7.79. The number of carbonyl (C=O) groups excluding carboxylic acids is 1. The van der Waals surface area contributed by atoms with Crippen LogP contribution in [0.1, 0.15) is 25.8 Å². The number of anilines is 1. The van der Waals surface area contributed by atoms with E-state index in [2.05, 4.69) is 0 Å². The molecule has 0 radical (unpaired) electrons. The lowest BCUT2D eigenvalue weighted by Crippen LogP contribution is -2.20. The van der Waals surface area contributed by atoms with E-state index in [-0.39, 0.29) is 12.1 Å². The van der Waals surface area contributed by atoms with Gasteiger partial charge < -0.3 is 10.5 Å². The zero-order chi connectivity index (χ0) is 13.2. The van der Waals surface area contributed by atoms with E-state index < -0.39 is 21.8 Å². The third-order valence-electron chi connectivity index (χ3n) is 2.64. The number of rotatable bonds is 4. The number of aldehydes is 1. The number of nitro groups is 1. The van der Waals surface area contributed by atoms with Crippen molar-refractivity contribution in [2.24, 2.45) is 0 Å². The highest BCUT2D eigenvalue weighted by Crippen LogP contribution is 2.34. The standard InChI is InChI=1S/C11H13FN2O3/c1-11(2,3-4-15)7-5-10(14(16)17)8(12)6-9(7)13/h4-6H,3,13H2,1-2H3. The normalized spacial score (nSPS) is 11.2. The maximum Gasteiger partial charge on any atom is 0.305 e. The van der Waals surface area contributed by atoms with Crippen molar-refractivity contribution in [1.29, 1.82) is 0 Å². The Kier molecular flexibility index (Phi) is 3.45. The molecule has 0 heterocycles. The summed E-state index contributed by atoms with van der Waals surface area (Å²) in [5.74, 6) is -0.974. The van der Waals surface area contributed by atoms with Crippen LogP contribution in [-0.4, -0.2) is 11.2 Å². The topological polar surface area (TPSA) is 86.2 Å². The summed E-state index contributed by atoms with van der Waals surface area (Å²) >= 11 is 0. The van der Waals surface area contributed by atoms with Crippen LogP contribution in [0, 0.1) is 15.9 Å². The fourth-order valence-corrected chi connectivity index (χ4v) is 1.62. The molecule has 17 heavy (non-hydrogen) atoms. The predicted molar refractivity (Wildman–Crippen MR) is 61.2 cm³/mol. The van der Waals surface area contributed by atoms with Crippen LogP contribution in [0.15, 0.2) is 12.1 Å². The van der Waals surface area contributed by atoms with Gasteiger partial charge in [-0.05, 0) is 11.0 Å². The zero-order valence-electron chi connectivity index (χ0n) is 9.57. The first kappa shape index (κ1) is 13.1. The van der Waals surface area contributed by atoms with Gasteiger partial charge in [0.05, 0.1) is 4.92 Å². The van der Waals surface area contributed by atoms with Crippen molar-refractivity contribution in [3.05, 3.63) is 33.6 Å². The van der Waals surface area contributed by atoms with E-state index in [9.17, 15) is 19.3 Å². The molecule has 5 nitrogen and oxygen atoms in total. The van der Waals surface area contributed by atoms with Gasteiger partial charge in [-0.25, -0.2) is 0 Å². The van der Waals surface area contributed by atoms with Crippen LogP contribution in [-0.2, 0) is 10.2 Å². The van der Waals surface area contributed by atoms with Crippen molar-refractivity contribution in [2.75, 3.05) is 5.73 Å². The molecule has 0 unspecified atom stereocenters. The van der Waals surface area contributed by atoms with Crippen LogP contribution in [0.5, 0.6) is 0 Å². The molecule has 0 atom stereocenters. The molecule has 0 aliphatic carbocycles. The Morgan fingerprint density at radius 2 is 2.12 bits per heavy atom. The third kappa shape index (κ3) is 2.58. The zero-order valence-corrected chi connectivity index (χ0v) is 9.57. The highest BCUT2D eigenvalue weighted by Gasteiger charge is 2.27. The Balaban J connectivity index is 3.39. The first-order valence-corrected chi connectivity index (χ1v) is 4.97. The van der Waals surface area contributed by atoms with Gasteiger partial charge in [-0.3, -0.25) is 10.1 Å². The van der Waals surface area contributed by atoms with Crippen LogP contribution in [0.25, 0.3) is 0 Å². The Hall–Kier alpha value is -1.98. The van der Waals surface area contributed by atoms with Crippen molar-refractivity contribution >= 4 is 17.7 Å². The minimum Gasteiger partial charge on any atom is -0.398 e. The number of halogens is 1. The molecule has 0 aliphatic heterocycles. The molecule has 0 saturated carbocycles. The Bertz CT molecular complexity index is 472. The summed E-state index contributed by atoms with van der Waals surface area (Å²) in [7, 11) is 0. The molecule has 1 rings (SSSR count). The molecule has 6 heteroatoms. The maximum absolute atomic E-state index is 13.3. The lowest BCUT2D eigenvalue weighted by Gasteiger charge is -2.24. The van der Waals surface area contributed by atoms with Crippen LogP contribution in [0.4, 0.5) is 15.8 Å². The minimum atomic E-state index is -0.974. The monoisotopic (exact) mass is 240 g/mol. The van der Waals surface area contributed by atoms with E-state index in [0.29, 0.717) is 11.8 Å². The molecular weight excluding hydrogens is 227 g/mol. The Labute approximate surface area is 97.6 Å². The SMILES string of the molecule is CC(C)(CC=O)c1cc([N+](=O)[O-])c(F)cc1N. The molecule has 0 bridgehead atoms. The smallest absolute Gasteiger partial charge is 0.305 e. The van der Waals surface area contributed by atoms with Gasteiger partial charge in [0.2, 0.25) is 5.82 Å². The fourth-order valence-electron chi connectivity index (χ4n) is 1.62. The number of hydrogen-bond acceptors (Lipinski definition) is 4. The summed E-state index contributed by atoms with van der Waals surface area (Å²) in [6, 6.07) is 2.01. The van der Waals surface area contributed by atoms with Crippen LogP contribution < -0.4 is 5.73 Å². The van der Waals surface area contributed by atoms with Crippen LogP contribution in [0.3, 0.4) is 0 Å². The first-order valence-electron chi connectivity index (χ1n) is 4.97. The summed E-state index contributed by atoms with van der Waals surface area (Å²) in [5.41, 5.74) is 4.85. The van der Waals surface area contributed by atoms with Crippen LogP contribution >= 0.6 is 0 Å². The second-order valence-electron chi connectivity index (χ2n) is 4.40. The van der Waals surface area contributed by atoms with Gasteiger partial charge in [-0.15, -0.1) is 0 Å². The second-order valence-corrected chi connectivity index (χ2v) is 4.40. The average Bonchev–Trinajstić information content (AvgIpc) is 2.15. The number of benzene rings is 1. The molecule has 0 amide bonds. The fraction of sp³-hybridized carbons (Fsp3) is 0.364. The molecular formula is C11H13FN2O3. The second kappa shape index (κ2) is 4.48. The summed E-state index contributed by atoms with van der Waals surface area (Å²) in [6.45, 7) is 3.43. The molecule has 1 aromatic carbocycles. The van der Waals surface area contributed by atoms with E-state index in [4.69, 9.17) is 5.73 Å². The summed E-state index contributed by atoms with van der Waals surface area (Å²) < 4.78 is 13.3. The molecule has 0 aliphatic rings. The molecule has 0 saturated heterocycles. The van der Waals surface area contributed by atoms with Crippen molar-refractivity contribution in [1.82, 2.24) is 0 Å². The molecule has 0 fully saturated rings. The van der Waals surface area contributed by atoms with Gasteiger partial charge in [0.25, 0.3) is 0 Å². The number of carbonyl (C=O) groups is 1. The van der Waals surface area contributed by atoms with E-state index in [1.165, 1.54) is 0 Å². The van der Waals surface area contributed by atoms with Gasteiger partial charge in [0.15, 0.2) is 0 Å². The van der Waals surface area contributed by atoms with Gasteiger partial charge in [0.1, 0.15) is 6.29 Å². The summed E-state index contributed by atoms with van der Waals surface area (Å²) in [4.78, 5) is 20.4. The Morgan fingerprint density at radius 1 is 1.53 bits per heavy atom. The largest absolute Gasteiger partial charge is 0.398 e. The van der Waals surface area contributed by atoms with Gasteiger partial charge in [-0.1, -0.05) is 13.8 Å². The van der Waals surface area contributed by atoms with Gasteiger partial charge in [0, 0.05) is 24.2 Å². The highest BCUT2D eigenvalue weighted by atomic mass is 19.1. The van der Waals surface area contributed by atoms with Crippen molar-refractivity contribution < 1.29 is 14.1 Å². The highest BCUT2D eigenvalue weighted by molar-refractivity contribution is 5.60. The van der Waals surface area contributed by atoms with E-state index in [0.717, 1.165) is 12.1 Å². The molecule has 2 N–H and O–H groups in total. The molecule has 0 spiro atoms. The average molecular weight is 240 g/mol. The van der Waals surface area contributed by atoms with Crippen molar-refractivity contribution in [3.63, 3.8) is 0 Å². The number of nitrogens with two attached hydrogens (primary N) is 1. The molecule has 1 aromatic rings. The quantitative estimate of drug-likeness (QED) is 0.378. The van der Waals surface area contributed by atoms with Gasteiger partial charge in [-0.2, -0.15) is 4.39 Å². The lowest BCUT2D eigenvalue weighted by molar-refractivity contribution is -0.387. The van der Waals surface area contributed by atoms with Crippen molar-refractivity contribution in [3.8, 4) is 0 Å². The number of nitrogens with zero attached hydrogens (tertiary/aromatic N) is 1. The van der Waals surface area contributed by atoms with Crippen LogP contribution in [0.2, 0.25) is 0 Å². The maximum atomic E-state index is 13.3. The van der Waals surface area contributed by atoms with E-state index in [1.54, 1.807) is 13.8 Å². The van der Waals surface area contributed by atoms with E-state index in [1.807, 2.05) is 0 Å². The predicted octanol–water partition coefficient (Wildman–Crippen LogP) is 2.18. The summed E-state index contributed by atoms with van der Waals surface area (Å²) in [5, 5.41) is 10.6. The minimum absolute atomic E-state index is 0.111. The Morgan fingerprint density at radius 3 is 2.59 bits per heavy atom. The van der Waals surface area contributed by atoms with E-state index >= 15 is 0 Å². The third-order valence-corrected chi connectivity index (χ3v) is 2.64. The molecule has 92 valence electrons. The number of nitrogen functional groups attached to an aromatic ring is 1. The lowest BCUT2D eigenvalue weighted by atomic mass is 9.81. The number of nitro benzene ring substituents is 1. The molecule has 0 aromatic heterocycles. The van der Waals surface area contributed by atoms with Gasteiger partial charge >= 0.3 is 5.69 Å².